The topological polar surface area (TPSA) is 3.24 Å². The van der Waals surface area contributed by atoms with Crippen molar-refractivity contribution in [2.45, 2.75) is 5.41 Å². The van der Waals surface area contributed by atoms with Gasteiger partial charge in [-0.1, -0.05) is 206 Å². The Kier molecular flexibility index (Phi) is 7.83. The summed E-state index contributed by atoms with van der Waals surface area (Å²) in [6, 6.07) is 87.6. The van der Waals surface area contributed by atoms with Crippen LogP contribution in [0.1, 0.15) is 22.3 Å². The van der Waals surface area contributed by atoms with E-state index >= 15 is 0 Å². The molecule has 0 heterocycles. The summed E-state index contributed by atoms with van der Waals surface area (Å²) >= 11 is 0. The Morgan fingerprint density at radius 1 is 0.283 bits per heavy atom. The third-order valence-electron chi connectivity index (χ3n) is 12.9. The van der Waals surface area contributed by atoms with Gasteiger partial charge in [-0.2, -0.15) is 0 Å². The van der Waals surface area contributed by atoms with Crippen molar-refractivity contribution in [3.8, 4) is 55.6 Å². The average molecular weight is 762 g/mol. The van der Waals surface area contributed by atoms with Crippen LogP contribution in [0.3, 0.4) is 0 Å². The summed E-state index contributed by atoms with van der Waals surface area (Å²) in [7, 11) is 0. The number of hydrogen-bond acceptors (Lipinski definition) is 1. The first-order valence-corrected chi connectivity index (χ1v) is 20.8. The average Bonchev–Trinajstić information content (AvgIpc) is 3.58. The first-order valence-electron chi connectivity index (χ1n) is 20.8. The van der Waals surface area contributed by atoms with Gasteiger partial charge in [-0.25, -0.2) is 0 Å². The van der Waals surface area contributed by atoms with Crippen LogP contribution in [0.15, 0.2) is 237 Å². The zero-order valence-corrected chi connectivity index (χ0v) is 33.0. The molecule has 0 aliphatic heterocycles. The summed E-state index contributed by atoms with van der Waals surface area (Å²) in [5, 5.41) is 2.54. The van der Waals surface area contributed by atoms with Crippen LogP contribution in [-0.2, 0) is 5.41 Å². The van der Waals surface area contributed by atoms with Crippen molar-refractivity contribution < 1.29 is 0 Å². The fourth-order valence-electron chi connectivity index (χ4n) is 10.4. The minimum Gasteiger partial charge on any atom is -0.310 e. The van der Waals surface area contributed by atoms with Gasteiger partial charge in [-0.15, -0.1) is 0 Å². The predicted molar refractivity (Wildman–Crippen MR) is 251 cm³/mol. The van der Waals surface area contributed by atoms with Crippen LogP contribution in [0, 0.1) is 0 Å². The van der Waals surface area contributed by atoms with Crippen molar-refractivity contribution in [3.63, 3.8) is 0 Å². The van der Waals surface area contributed by atoms with E-state index in [-0.39, 0.29) is 0 Å². The van der Waals surface area contributed by atoms with Gasteiger partial charge < -0.3 is 4.90 Å². The maximum absolute atomic E-state index is 2.52. The first kappa shape index (κ1) is 34.3. The Bertz CT molecular complexity index is 3250. The van der Waals surface area contributed by atoms with Crippen molar-refractivity contribution >= 4 is 27.8 Å². The maximum Gasteiger partial charge on any atom is 0.0726 e. The van der Waals surface area contributed by atoms with Crippen molar-refractivity contribution in [3.05, 3.63) is 259 Å². The predicted octanol–water partition coefficient (Wildman–Crippen LogP) is 15.7. The maximum atomic E-state index is 2.52. The van der Waals surface area contributed by atoms with Gasteiger partial charge in [0.05, 0.1) is 11.1 Å². The molecule has 2 aliphatic rings. The van der Waals surface area contributed by atoms with E-state index in [9.17, 15) is 0 Å². The molecular formula is C59H39N. The van der Waals surface area contributed by atoms with Crippen LogP contribution < -0.4 is 4.90 Å². The van der Waals surface area contributed by atoms with Crippen LogP contribution in [0.25, 0.3) is 66.4 Å². The highest BCUT2D eigenvalue weighted by Gasteiger charge is 2.50. The van der Waals surface area contributed by atoms with E-state index in [2.05, 4.69) is 241 Å². The van der Waals surface area contributed by atoms with Gasteiger partial charge in [-0.3, -0.25) is 0 Å². The summed E-state index contributed by atoms with van der Waals surface area (Å²) in [4.78, 5) is 2.47. The third kappa shape index (κ3) is 5.06. The van der Waals surface area contributed by atoms with Crippen LogP contribution in [0.2, 0.25) is 0 Å². The van der Waals surface area contributed by atoms with E-state index in [1.54, 1.807) is 0 Å². The fraction of sp³-hybridized carbons (Fsp3) is 0.0169. The SMILES string of the molecule is c1ccc(-c2ccc(N(c3ccc4c(c3)C3(c5ccccc5-c5ccccc5-4)c4ccccc4-c4c3ccc3ccccc43)c3ccccc3-c3ccccc3)cc2)cc1. The lowest BCUT2D eigenvalue weighted by molar-refractivity contribution is 0.776. The molecule has 0 radical (unpaired) electrons. The molecule has 0 saturated carbocycles. The Hall–Kier alpha value is -7.74. The van der Waals surface area contributed by atoms with E-state index in [1.807, 2.05) is 0 Å². The lowest BCUT2D eigenvalue weighted by Gasteiger charge is -2.37. The molecule has 10 aromatic rings. The molecule has 1 atom stereocenters. The molecule has 0 amide bonds. The Labute approximate surface area is 351 Å². The second kappa shape index (κ2) is 13.7. The molecule has 0 bridgehead atoms. The normalized spacial score (nSPS) is 14.4. The van der Waals surface area contributed by atoms with E-state index in [1.165, 1.54) is 88.7 Å². The number of fused-ring (bicyclic) bond motifs is 14. The Balaban J connectivity index is 1.19. The van der Waals surface area contributed by atoms with Crippen LogP contribution in [-0.4, -0.2) is 0 Å². The standard InChI is InChI=1S/C59H39N/c1-3-17-40(18-4-1)41-31-34-44(35-32-41)60(57-30-16-13-22-46(57)42-19-5-2-6-20-42)45-36-37-51-49-25-10-9-24-48(49)50-26-11-14-28-53(50)59(56(51)39-45)54-29-15-12-27-52(54)58-47-23-8-7-21-43(47)33-38-55(58)59/h1-39H. The van der Waals surface area contributed by atoms with Gasteiger partial charge in [0.1, 0.15) is 0 Å². The molecule has 0 saturated heterocycles. The fourth-order valence-corrected chi connectivity index (χ4v) is 10.4. The summed E-state index contributed by atoms with van der Waals surface area (Å²) in [6.07, 6.45) is 0. The molecule has 1 heteroatoms. The molecule has 2 aliphatic carbocycles. The quantitative estimate of drug-likeness (QED) is 0.169. The van der Waals surface area contributed by atoms with Gasteiger partial charge in [0.2, 0.25) is 0 Å². The van der Waals surface area contributed by atoms with Crippen molar-refractivity contribution in [2.75, 3.05) is 4.90 Å². The van der Waals surface area contributed by atoms with Crippen LogP contribution in [0.4, 0.5) is 17.1 Å². The van der Waals surface area contributed by atoms with E-state index in [0.29, 0.717) is 0 Å². The van der Waals surface area contributed by atoms with E-state index < -0.39 is 5.41 Å². The van der Waals surface area contributed by atoms with Gasteiger partial charge >= 0.3 is 0 Å². The van der Waals surface area contributed by atoms with Gasteiger partial charge in [-0.05, 0) is 113 Å². The molecule has 1 nitrogen and oxygen atoms in total. The largest absolute Gasteiger partial charge is 0.310 e. The number of anilines is 3. The molecule has 12 rings (SSSR count). The van der Waals surface area contributed by atoms with E-state index in [4.69, 9.17) is 0 Å². The number of rotatable bonds is 5. The Morgan fingerprint density at radius 2 is 0.800 bits per heavy atom. The second-order valence-corrected chi connectivity index (χ2v) is 16.0. The number of hydrogen-bond donors (Lipinski definition) is 0. The highest BCUT2D eigenvalue weighted by molar-refractivity contribution is 6.06. The van der Waals surface area contributed by atoms with Crippen molar-refractivity contribution in [2.24, 2.45) is 0 Å². The molecule has 0 aromatic heterocycles. The van der Waals surface area contributed by atoms with Gasteiger partial charge in [0, 0.05) is 16.9 Å². The minimum atomic E-state index is -0.612. The monoisotopic (exact) mass is 761 g/mol. The summed E-state index contributed by atoms with van der Waals surface area (Å²) < 4.78 is 0. The van der Waals surface area contributed by atoms with Crippen molar-refractivity contribution in [1.82, 2.24) is 0 Å². The molecular weight excluding hydrogens is 723 g/mol. The lowest BCUT2D eigenvalue weighted by Crippen LogP contribution is -2.29. The first-order chi connectivity index (χ1) is 29.8. The number of nitrogens with zero attached hydrogens (tertiary/aromatic N) is 1. The summed E-state index contributed by atoms with van der Waals surface area (Å²) in [6.45, 7) is 0. The number of para-hydroxylation sites is 1. The molecule has 280 valence electrons. The second-order valence-electron chi connectivity index (χ2n) is 16.0. The molecule has 1 unspecified atom stereocenters. The molecule has 0 N–H and O–H groups in total. The lowest BCUT2D eigenvalue weighted by atomic mass is 9.65. The molecule has 1 spiro atoms. The van der Waals surface area contributed by atoms with E-state index in [0.717, 1.165) is 17.1 Å². The number of benzene rings is 10. The molecule has 60 heavy (non-hydrogen) atoms. The minimum absolute atomic E-state index is 0.612. The highest BCUT2D eigenvalue weighted by atomic mass is 15.1. The zero-order chi connectivity index (χ0) is 39.6. The third-order valence-corrected chi connectivity index (χ3v) is 12.9. The van der Waals surface area contributed by atoms with Crippen LogP contribution >= 0.6 is 0 Å². The smallest absolute Gasteiger partial charge is 0.0726 e. The van der Waals surface area contributed by atoms with Gasteiger partial charge in [0.15, 0.2) is 0 Å². The summed E-state index contributed by atoms with van der Waals surface area (Å²) in [5.74, 6) is 0. The molecule has 10 aromatic carbocycles. The van der Waals surface area contributed by atoms with Crippen molar-refractivity contribution in [1.29, 1.82) is 0 Å². The van der Waals surface area contributed by atoms with Gasteiger partial charge in [0.25, 0.3) is 0 Å². The zero-order valence-electron chi connectivity index (χ0n) is 33.0. The molecule has 0 fully saturated rings. The Morgan fingerprint density at radius 3 is 1.53 bits per heavy atom. The summed E-state index contributed by atoms with van der Waals surface area (Å²) in [5.41, 5.74) is 20.3. The highest BCUT2D eigenvalue weighted by Crippen LogP contribution is 2.63. The van der Waals surface area contributed by atoms with Crippen LogP contribution in [0.5, 0.6) is 0 Å².